The average molecular weight is 265 g/mol. The van der Waals surface area contributed by atoms with E-state index < -0.39 is 0 Å². The van der Waals surface area contributed by atoms with Gasteiger partial charge in [-0.25, -0.2) is 0 Å². The highest BCUT2D eigenvalue weighted by Gasteiger charge is 2.03. The van der Waals surface area contributed by atoms with E-state index in [0.717, 1.165) is 0 Å². The molecule has 0 saturated carbocycles. The second kappa shape index (κ2) is 7.97. The number of benzene rings is 1. The van der Waals surface area contributed by atoms with Crippen molar-refractivity contribution in [2.75, 3.05) is 25.4 Å². The number of nitrogen functional groups attached to an aromatic ring is 1. The SMILES string of the molecule is CC(=O)NCCNC(=O)CCOc1ccccc1N. The summed E-state index contributed by atoms with van der Waals surface area (Å²) >= 11 is 0. The van der Waals surface area contributed by atoms with Crippen molar-refractivity contribution in [2.24, 2.45) is 0 Å². The Labute approximate surface area is 112 Å². The van der Waals surface area contributed by atoms with E-state index >= 15 is 0 Å². The van der Waals surface area contributed by atoms with Crippen molar-refractivity contribution < 1.29 is 14.3 Å². The van der Waals surface area contributed by atoms with Crippen molar-refractivity contribution in [2.45, 2.75) is 13.3 Å². The Morgan fingerprint density at radius 2 is 1.89 bits per heavy atom. The molecular formula is C13H19N3O3. The number of ether oxygens (including phenoxy) is 1. The molecule has 6 heteroatoms. The first-order chi connectivity index (χ1) is 9.09. The molecule has 0 heterocycles. The maximum absolute atomic E-state index is 11.4. The topological polar surface area (TPSA) is 93.5 Å². The summed E-state index contributed by atoms with van der Waals surface area (Å²) in [6.45, 7) is 2.53. The highest BCUT2D eigenvalue weighted by atomic mass is 16.5. The molecule has 104 valence electrons. The Kier molecular flexibility index (Phi) is 6.21. The van der Waals surface area contributed by atoms with E-state index in [1.54, 1.807) is 12.1 Å². The third kappa shape index (κ3) is 6.30. The van der Waals surface area contributed by atoms with Crippen LogP contribution in [0.25, 0.3) is 0 Å². The summed E-state index contributed by atoms with van der Waals surface area (Å²) < 4.78 is 5.40. The van der Waals surface area contributed by atoms with E-state index in [4.69, 9.17) is 10.5 Å². The van der Waals surface area contributed by atoms with Gasteiger partial charge in [0.1, 0.15) is 5.75 Å². The molecule has 19 heavy (non-hydrogen) atoms. The van der Waals surface area contributed by atoms with Crippen LogP contribution in [0.2, 0.25) is 0 Å². The first kappa shape index (κ1) is 14.8. The van der Waals surface area contributed by atoms with Gasteiger partial charge in [0.2, 0.25) is 11.8 Å². The lowest BCUT2D eigenvalue weighted by atomic mass is 10.3. The zero-order valence-electron chi connectivity index (χ0n) is 10.9. The number of carbonyl (C=O) groups excluding carboxylic acids is 2. The molecule has 4 N–H and O–H groups in total. The molecule has 1 aromatic carbocycles. The van der Waals surface area contributed by atoms with Crippen molar-refractivity contribution in [1.29, 1.82) is 0 Å². The molecule has 6 nitrogen and oxygen atoms in total. The van der Waals surface area contributed by atoms with Gasteiger partial charge in [-0.05, 0) is 12.1 Å². The van der Waals surface area contributed by atoms with Crippen molar-refractivity contribution in [1.82, 2.24) is 10.6 Å². The molecule has 0 atom stereocenters. The molecule has 0 bridgehead atoms. The highest BCUT2D eigenvalue weighted by Crippen LogP contribution is 2.19. The van der Waals surface area contributed by atoms with Gasteiger partial charge in [0, 0.05) is 20.0 Å². The van der Waals surface area contributed by atoms with Crippen molar-refractivity contribution in [3.63, 3.8) is 0 Å². The molecule has 0 spiro atoms. The van der Waals surface area contributed by atoms with Crippen LogP contribution in [0.1, 0.15) is 13.3 Å². The number of para-hydroxylation sites is 2. The number of amides is 2. The number of nitrogens with one attached hydrogen (secondary N) is 2. The molecule has 2 amide bonds. The van der Waals surface area contributed by atoms with Crippen LogP contribution in [0.5, 0.6) is 5.75 Å². The van der Waals surface area contributed by atoms with Gasteiger partial charge in [-0.3, -0.25) is 9.59 Å². The van der Waals surface area contributed by atoms with Crippen LogP contribution in [-0.2, 0) is 9.59 Å². The van der Waals surface area contributed by atoms with Gasteiger partial charge in [-0.2, -0.15) is 0 Å². The quantitative estimate of drug-likeness (QED) is 0.488. The monoisotopic (exact) mass is 265 g/mol. The highest BCUT2D eigenvalue weighted by molar-refractivity contribution is 5.76. The fraction of sp³-hybridized carbons (Fsp3) is 0.385. The summed E-state index contributed by atoms with van der Waals surface area (Å²) in [5.41, 5.74) is 6.25. The number of anilines is 1. The Morgan fingerprint density at radius 3 is 2.58 bits per heavy atom. The molecule has 0 aliphatic carbocycles. The Morgan fingerprint density at radius 1 is 1.21 bits per heavy atom. The molecule has 0 aromatic heterocycles. The largest absolute Gasteiger partial charge is 0.491 e. The first-order valence-corrected chi connectivity index (χ1v) is 6.08. The number of hydrogen-bond donors (Lipinski definition) is 3. The van der Waals surface area contributed by atoms with Gasteiger partial charge in [-0.15, -0.1) is 0 Å². The van der Waals surface area contributed by atoms with Gasteiger partial charge in [0.05, 0.1) is 18.7 Å². The van der Waals surface area contributed by atoms with E-state index in [1.165, 1.54) is 6.92 Å². The summed E-state index contributed by atoms with van der Waals surface area (Å²) in [5, 5.41) is 5.26. The Balaban J connectivity index is 2.14. The third-order valence-electron chi connectivity index (χ3n) is 2.33. The number of nitrogens with two attached hydrogens (primary N) is 1. The van der Waals surface area contributed by atoms with Gasteiger partial charge in [-0.1, -0.05) is 12.1 Å². The zero-order chi connectivity index (χ0) is 14.1. The summed E-state index contributed by atoms with van der Waals surface area (Å²) in [5.74, 6) is 0.338. The zero-order valence-corrected chi connectivity index (χ0v) is 10.9. The molecule has 0 saturated heterocycles. The molecular weight excluding hydrogens is 246 g/mol. The van der Waals surface area contributed by atoms with E-state index in [1.807, 2.05) is 12.1 Å². The van der Waals surface area contributed by atoms with Gasteiger partial charge in [0.25, 0.3) is 0 Å². The van der Waals surface area contributed by atoms with Crippen LogP contribution >= 0.6 is 0 Å². The van der Waals surface area contributed by atoms with Crippen LogP contribution in [-0.4, -0.2) is 31.5 Å². The summed E-state index contributed by atoms with van der Waals surface area (Å²) in [4.78, 5) is 22.0. The average Bonchev–Trinajstić information content (AvgIpc) is 2.37. The minimum absolute atomic E-state index is 0.114. The first-order valence-electron chi connectivity index (χ1n) is 6.08. The van der Waals surface area contributed by atoms with E-state index in [-0.39, 0.29) is 24.8 Å². The van der Waals surface area contributed by atoms with Crippen LogP contribution in [0, 0.1) is 0 Å². The van der Waals surface area contributed by atoms with E-state index in [0.29, 0.717) is 24.5 Å². The van der Waals surface area contributed by atoms with Crippen LogP contribution < -0.4 is 21.1 Å². The summed E-state index contributed by atoms with van der Waals surface area (Å²) in [6, 6.07) is 7.13. The maximum atomic E-state index is 11.4. The molecule has 0 unspecified atom stereocenters. The third-order valence-corrected chi connectivity index (χ3v) is 2.33. The lowest BCUT2D eigenvalue weighted by Gasteiger charge is -2.09. The van der Waals surface area contributed by atoms with E-state index in [9.17, 15) is 9.59 Å². The molecule has 0 aliphatic rings. The lowest BCUT2D eigenvalue weighted by Crippen LogP contribution is -2.34. The normalized spacial score (nSPS) is 9.74. The van der Waals surface area contributed by atoms with Crippen molar-refractivity contribution in [3.05, 3.63) is 24.3 Å². The fourth-order valence-electron chi connectivity index (χ4n) is 1.39. The fourth-order valence-corrected chi connectivity index (χ4v) is 1.39. The Bertz CT molecular complexity index is 435. The molecule has 0 fully saturated rings. The maximum Gasteiger partial charge on any atom is 0.223 e. The predicted molar refractivity (Wildman–Crippen MR) is 72.7 cm³/mol. The predicted octanol–water partition coefficient (Wildman–Crippen LogP) is 0.290. The molecule has 1 aromatic rings. The summed E-state index contributed by atoms with van der Waals surface area (Å²) in [7, 11) is 0. The minimum atomic E-state index is -0.125. The van der Waals surface area contributed by atoms with Crippen LogP contribution in [0.4, 0.5) is 5.69 Å². The van der Waals surface area contributed by atoms with Gasteiger partial charge in [0.15, 0.2) is 0 Å². The van der Waals surface area contributed by atoms with Crippen molar-refractivity contribution in [3.8, 4) is 5.75 Å². The number of carbonyl (C=O) groups is 2. The number of hydrogen-bond acceptors (Lipinski definition) is 4. The molecule has 1 rings (SSSR count). The standard InChI is InChI=1S/C13H19N3O3/c1-10(17)15-7-8-16-13(18)6-9-19-12-5-3-2-4-11(12)14/h2-5H,6-9,14H2,1H3,(H,15,17)(H,16,18). The second-order valence-electron chi connectivity index (χ2n) is 3.97. The Hall–Kier alpha value is -2.24. The second-order valence-corrected chi connectivity index (χ2v) is 3.97. The minimum Gasteiger partial charge on any atom is -0.491 e. The van der Waals surface area contributed by atoms with Gasteiger partial charge < -0.3 is 21.1 Å². The van der Waals surface area contributed by atoms with Crippen LogP contribution in [0.15, 0.2) is 24.3 Å². The molecule has 0 radical (unpaired) electrons. The summed E-state index contributed by atoms with van der Waals surface area (Å²) in [6.07, 6.45) is 0.244. The smallest absolute Gasteiger partial charge is 0.223 e. The number of rotatable bonds is 7. The van der Waals surface area contributed by atoms with Crippen LogP contribution in [0.3, 0.4) is 0 Å². The lowest BCUT2D eigenvalue weighted by molar-refractivity contribution is -0.122. The van der Waals surface area contributed by atoms with Crippen molar-refractivity contribution >= 4 is 17.5 Å². The van der Waals surface area contributed by atoms with E-state index in [2.05, 4.69) is 10.6 Å². The molecule has 0 aliphatic heterocycles. The van der Waals surface area contributed by atoms with Gasteiger partial charge >= 0.3 is 0 Å².